The monoisotopic (exact) mass is 348 g/mol. The van der Waals surface area contributed by atoms with Gasteiger partial charge in [-0.15, -0.1) is 0 Å². The van der Waals surface area contributed by atoms with E-state index in [1.165, 1.54) is 16.7 Å². The smallest absolute Gasteiger partial charge is 0.0983 e. The number of nitrogens with zero attached hydrogens (tertiary/aromatic N) is 1. The van der Waals surface area contributed by atoms with Gasteiger partial charge >= 0.3 is 0 Å². The van der Waals surface area contributed by atoms with Crippen molar-refractivity contribution in [3.05, 3.63) is 96.1 Å². The van der Waals surface area contributed by atoms with Crippen molar-refractivity contribution in [2.75, 3.05) is 7.05 Å². The predicted octanol–water partition coefficient (Wildman–Crippen LogP) is 4.09. The highest BCUT2D eigenvalue weighted by Crippen LogP contribution is 2.26. The second-order valence-electron chi connectivity index (χ2n) is 6.30. The molecule has 1 aromatic rings. The Hall–Kier alpha value is -3.01. The highest BCUT2D eigenvalue weighted by molar-refractivity contribution is 5.40. The summed E-state index contributed by atoms with van der Waals surface area (Å²) in [6.07, 6.45) is 10.6. The van der Waals surface area contributed by atoms with Gasteiger partial charge in [0.1, 0.15) is 0 Å². The summed E-state index contributed by atoms with van der Waals surface area (Å²) >= 11 is 0. The second kappa shape index (κ2) is 9.47. The molecular weight excluding hydrogens is 320 g/mol. The van der Waals surface area contributed by atoms with Gasteiger partial charge in [-0.25, -0.2) is 0 Å². The fraction of sp³-hybridized carbons (Fsp3) is 0.227. The van der Waals surface area contributed by atoms with Gasteiger partial charge < -0.3 is 20.9 Å². The number of hydrogen-bond donors (Lipinski definition) is 3. The predicted molar refractivity (Wildman–Crippen MR) is 111 cm³/mol. The minimum Gasteiger partial charge on any atom is -0.387 e. The Kier molecular flexibility index (Phi) is 7.03. The maximum absolute atomic E-state index is 5.50. The molecule has 1 aromatic carbocycles. The van der Waals surface area contributed by atoms with Gasteiger partial charge in [0, 0.05) is 31.9 Å². The van der Waals surface area contributed by atoms with E-state index in [0.29, 0.717) is 0 Å². The summed E-state index contributed by atoms with van der Waals surface area (Å²) in [5.74, 6) is 0.913. The molecule has 4 heteroatoms. The van der Waals surface area contributed by atoms with Crippen molar-refractivity contribution < 1.29 is 0 Å². The van der Waals surface area contributed by atoms with Crippen molar-refractivity contribution >= 4 is 6.72 Å². The first-order chi connectivity index (χ1) is 12.6. The van der Waals surface area contributed by atoms with Crippen molar-refractivity contribution in [1.82, 2.24) is 15.5 Å². The lowest BCUT2D eigenvalue weighted by Gasteiger charge is -2.37. The molecule has 26 heavy (non-hydrogen) atoms. The molecule has 1 heterocycles. The Morgan fingerprint density at radius 3 is 2.58 bits per heavy atom. The molecule has 1 fully saturated rings. The molecule has 0 spiro atoms. The van der Waals surface area contributed by atoms with Crippen molar-refractivity contribution in [3.8, 4) is 0 Å². The van der Waals surface area contributed by atoms with Crippen LogP contribution in [-0.2, 0) is 6.54 Å². The van der Waals surface area contributed by atoms with Gasteiger partial charge in [-0.1, -0.05) is 61.7 Å². The van der Waals surface area contributed by atoms with Gasteiger partial charge in [0.05, 0.1) is 11.9 Å². The summed E-state index contributed by atoms with van der Waals surface area (Å²) in [4.78, 5) is 2.02. The van der Waals surface area contributed by atoms with Crippen LogP contribution in [-0.4, -0.2) is 24.7 Å². The fourth-order valence-electron chi connectivity index (χ4n) is 2.95. The van der Waals surface area contributed by atoms with Crippen LogP contribution in [0, 0.1) is 5.41 Å². The maximum atomic E-state index is 5.50. The first kappa shape index (κ1) is 19.3. The number of hydrogen-bond acceptors (Lipinski definition) is 4. The summed E-state index contributed by atoms with van der Waals surface area (Å²) < 4.78 is 0. The molecule has 3 N–H and O–H groups in total. The third kappa shape index (κ3) is 4.99. The minimum atomic E-state index is 0.274. The number of allylic oxidation sites excluding steroid dienone is 3. The Morgan fingerprint density at radius 2 is 1.96 bits per heavy atom. The van der Waals surface area contributed by atoms with E-state index in [2.05, 4.69) is 79.2 Å². The number of benzene rings is 1. The van der Waals surface area contributed by atoms with E-state index in [-0.39, 0.29) is 6.04 Å². The number of nitrogens with one attached hydrogen (secondary N) is 3. The van der Waals surface area contributed by atoms with E-state index in [9.17, 15) is 0 Å². The largest absolute Gasteiger partial charge is 0.387 e. The van der Waals surface area contributed by atoms with Crippen LogP contribution in [0.4, 0.5) is 0 Å². The Balaban J connectivity index is 0.00000117. The van der Waals surface area contributed by atoms with Gasteiger partial charge in [-0.2, -0.15) is 0 Å². The van der Waals surface area contributed by atoms with Gasteiger partial charge in [0.25, 0.3) is 0 Å². The molecule has 0 aromatic heterocycles. The van der Waals surface area contributed by atoms with E-state index >= 15 is 0 Å². The number of rotatable bonds is 4. The Labute approximate surface area is 156 Å². The van der Waals surface area contributed by atoms with Gasteiger partial charge in [-0.3, -0.25) is 0 Å². The standard InChI is InChI=1S/C21H25N3.CH3N/c1-16-13-21(23-17(2)24(16)3)20-11-9-19(10-12-20)15-22-14-18-7-5-4-6-8-18;1-2/h4-9,11-12,15,21-23H,1-2,10,13-14H2,3H3;2H,1H2/b19-15-;. The maximum Gasteiger partial charge on any atom is 0.0983 e. The third-order valence-corrected chi connectivity index (χ3v) is 4.56. The summed E-state index contributed by atoms with van der Waals surface area (Å²) in [7, 11) is 2.00. The van der Waals surface area contributed by atoms with Crippen LogP contribution in [0.25, 0.3) is 0 Å². The molecular formula is C22H28N4. The summed E-state index contributed by atoms with van der Waals surface area (Å²) in [5.41, 5.74) is 4.99. The molecule has 0 radical (unpaired) electrons. The molecule has 1 aliphatic carbocycles. The first-order valence-corrected chi connectivity index (χ1v) is 8.70. The molecule has 1 aliphatic heterocycles. The third-order valence-electron chi connectivity index (χ3n) is 4.56. The molecule has 1 saturated heterocycles. The van der Waals surface area contributed by atoms with E-state index in [0.717, 1.165) is 30.9 Å². The molecule has 1 atom stereocenters. The van der Waals surface area contributed by atoms with E-state index in [1.54, 1.807) is 0 Å². The lowest BCUT2D eigenvalue weighted by atomic mass is 9.93. The van der Waals surface area contributed by atoms with Gasteiger partial charge in [0.15, 0.2) is 0 Å². The fourth-order valence-corrected chi connectivity index (χ4v) is 2.95. The van der Waals surface area contributed by atoms with Crippen LogP contribution in [0.5, 0.6) is 0 Å². The highest BCUT2D eigenvalue weighted by atomic mass is 15.3. The molecule has 2 aliphatic rings. The van der Waals surface area contributed by atoms with Crippen molar-refractivity contribution in [2.24, 2.45) is 0 Å². The van der Waals surface area contributed by atoms with Crippen LogP contribution in [0.15, 0.2) is 90.6 Å². The minimum absolute atomic E-state index is 0.274. The quantitative estimate of drug-likeness (QED) is 0.718. The lowest BCUT2D eigenvalue weighted by Crippen LogP contribution is -2.42. The van der Waals surface area contributed by atoms with E-state index in [4.69, 9.17) is 5.41 Å². The zero-order valence-electron chi connectivity index (χ0n) is 15.5. The second-order valence-corrected chi connectivity index (χ2v) is 6.30. The van der Waals surface area contributed by atoms with E-state index in [1.807, 2.05) is 18.0 Å². The van der Waals surface area contributed by atoms with Crippen LogP contribution in [0.3, 0.4) is 0 Å². The SMILES string of the molecule is C=C1CC(C2=CC/C(=C\NCc3ccccc3)C=C2)NC(=C)N1C.C=N. The van der Waals surface area contributed by atoms with Gasteiger partial charge in [-0.05, 0) is 29.8 Å². The normalized spacial score (nSPS) is 20.8. The Morgan fingerprint density at radius 1 is 1.23 bits per heavy atom. The lowest BCUT2D eigenvalue weighted by molar-refractivity contribution is 0.374. The molecule has 0 amide bonds. The topological polar surface area (TPSA) is 51.1 Å². The van der Waals surface area contributed by atoms with Gasteiger partial charge in [0.2, 0.25) is 0 Å². The molecule has 0 saturated carbocycles. The van der Waals surface area contributed by atoms with Crippen LogP contribution < -0.4 is 10.6 Å². The molecule has 4 nitrogen and oxygen atoms in total. The first-order valence-electron chi connectivity index (χ1n) is 8.70. The van der Waals surface area contributed by atoms with Crippen LogP contribution in [0.2, 0.25) is 0 Å². The van der Waals surface area contributed by atoms with E-state index < -0.39 is 0 Å². The molecule has 1 unspecified atom stereocenters. The summed E-state index contributed by atoms with van der Waals surface area (Å²) in [6, 6.07) is 10.7. The van der Waals surface area contributed by atoms with Crippen LogP contribution >= 0.6 is 0 Å². The molecule has 136 valence electrons. The van der Waals surface area contributed by atoms with Crippen molar-refractivity contribution in [3.63, 3.8) is 0 Å². The van der Waals surface area contributed by atoms with Crippen LogP contribution in [0.1, 0.15) is 18.4 Å². The molecule has 3 rings (SSSR count). The van der Waals surface area contributed by atoms with Crippen molar-refractivity contribution in [2.45, 2.75) is 25.4 Å². The zero-order chi connectivity index (χ0) is 18.9. The average Bonchev–Trinajstić information content (AvgIpc) is 2.69. The molecule has 0 bridgehead atoms. The summed E-state index contributed by atoms with van der Waals surface area (Å²) in [6.45, 7) is 11.5. The zero-order valence-corrected chi connectivity index (χ0v) is 15.5. The summed E-state index contributed by atoms with van der Waals surface area (Å²) in [5, 5.41) is 12.4. The highest BCUT2D eigenvalue weighted by Gasteiger charge is 2.23. The average molecular weight is 348 g/mol. The Bertz CT molecular complexity index is 710. The van der Waals surface area contributed by atoms with Crippen molar-refractivity contribution in [1.29, 1.82) is 5.41 Å².